The van der Waals surface area contributed by atoms with Gasteiger partial charge < -0.3 is 5.73 Å². The molecule has 2 N–H and O–H groups in total. The summed E-state index contributed by atoms with van der Waals surface area (Å²) in [6.07, 6.45) is 5.59. The molecular formula is C16H23BrFN. The van der Waals surface area contributed by atoms with Crippen molar-refractivity contribution in [3.63, 3.8) is 0 Å². The third-order valence-electron chi connectivity index (χ3n) is 4.60. The summed E-state index contributed by atoms with van der Waals surface area (Å²) in [5.74, 6) is -0.173. The Labute approximate surface area is 123 Å². The molecule has 19 heavy (non-hydrogen) atoms. The Hall–Kier alpha value is -0.410. The highest BCUT2D eigenvalue weighted by Gasteiger charge is 2.37. The van der Waals surface area contributed by atoms with Gasteiger partial charge in [-0.15, -0.1) is 0 Å². The Kier molecular flexibility index (Phi) is 4.36. The molecule has 0 atom stereocenters. The van der Waals surface area contributed by atoms with Gasteiger partial charge in [0.15, 0.2) is 0 Å². The van der Waals surface area contributed by atoms with E-state index >= 15 is 0 Å². The fourth-order valence-corrected chi connectivity index (χ4v) is 3.57. The van der Waals surface area contributed by atoms with Crippen LogP contribution < -0.4 is 5.73 Å². The van der Waals surface area contributed by atoms with Crippen molar-refractivity contribution >= 4 is 15.9 Å². The van der Waals surface area contributed by atoms with E-state index in [2.05, 4.69) is 29.8 Å². The average molecular weight is 328 g/mol. The number of rotatable bonds is 3. The van der Waals surface area contributed by atoms with Gasteiger partial charge in [0.1, 0.15) is 5.82 Å². The third kappa shape index (κ3) is 3.79. The highest BCUT2D eigenvalue weighted by Crippen LogP contribution is 2.46. The Bertz CT molecular complexity index is 426. The summed E-state index contributed by atoms with van der Waals surface area (Å²) in [7, 11) is 0. The SMILES string of the molecule is CC1(C)CCC(CN)(Cc2cc(F)cc(Br)c2)CC1. The summed E-state index contributed by atoms with van der Waals surface area (Å²) in [5, 5.41) is 0. The molecule has 0 amide bonds. The van der Waals surface area contributed by atoms with Gasteiger partial charge in [0.25, 0.3) is 0 Å². The van der Waals surface area contributed by atoms with Crippen LogP contribution in [0.1, 0.15) is 45.1 Å². The Morgan fingerprint density at radius 2 is 1.79 bits per heavy atom. The number of halogens is 2. The molecule has 0 aliphatic heterocycles. The second-order valence-electron chi connectivity index (χ2n) is 6.82. The summed E-state index contributed by atoms with van der Waals surface area (Å²) in [4.78, 5) is 0. The average Bonchev–Trinajstić information content (AvgIpc) is 2.31. The fraction of sp³-hybridized carbons (Fsp3) is 0.625. The molecule has 0 bridgehead atoms. The van der Waals surface area contributed by atoms with Gasteiger partial charge in [-0.05, 0) is 73.2 Å². The largest absolute Gasteiger partial charge is 0.330 e. The number of nitrogens with two attached hydrogens (primary N) is 1. The molecule has 0 saturated heterocycles. The van der Waals surface area contributed by atoms with E-state index in [0.717, 1.165) is 29.3 Å². The van der Waals surface area contributed by atoms with Crippen molar-refractivity contribution in [1.82, 2.24) is 0 Å². The molecule has 3 heteroatoms. The molecule has 1 aliphatic rings. The van der Waals surface area contributed by atoms with Crippen LogP contribution in [0.3, 0.4) is 0 Å². The summed E-state index contributed by atoms with van der Waals surface area (Å²) in [5.41, 5.74) is 7.69. The summed E-state index contributed by atoms with van der Waals surface area (Å²) in [6, 6.07) is 5.16. The van der Waals surface area contributed by atoms with E-state index in [0.29, 0.717) is 12.0 Å². The Morgan fingerprint density at radius 3 is 2.32 bits per heavy atom. The van der Waals surface area contributed by atoms with Crippen molar-refractivity contribution < 1.29 is 4.39 Å². The topological polar surface area (TPSA) is 26.0 Å². The van der Waals surface area contributed by atoms with Crippen LogP contribution >= 0.6 is 15.9 Å². The van der Waals surface area contributed by atoms with Crippen molar-refractivity contribution in [2.24, 2.45) is 16.6 Å². The van der Waals surface area contributed by atoms with E-state index in [4.69, 9.17) is 5.73 Å². The normalized spacial score (nSPS) is 21.3. The van der Waals surface area contributed by atoms with Crippen LogP contribution in [0.15, 0.2) is 22.7 Å². The molecule has 2 rings (SSSR count). The molecule has 1 saturated carbocycles. The molecule has 1 aliphatic carbocycles. The molecule has 0 heterocycles. The lowest BCUT2D eigenvalue weighted by atomic mass is 9.63. The Morgan fingerprint density at radius 1 is 1.16 bits per heavy atom. The predicted octanol–water partition coefficient (Wildman–Crippen LogP) is 4.68. The first kappa shape index (κ1) is 15.0. The van der Waals surface area contributed by atoms with Crippen LogP contribution in [0.2, 0.25) is 0 Å². The maximum atomic E-state index is 13.5. The molecule has 0 aromatic heterocycles. The maximum absolute atomic E-state index is 13.5. The van der Waals surface area contributed by atoms with E-state index in [1.807, 2.05) is 6.07 Å². The maximum Gasteiger partial charge on any atom is 0.124 e. The van der Waals surface area contributed by atoms with Gasteiger partial charge >= 0.3 is 0 Å². The minimum Gasteiger partial charge on any atom is -0.330 e. The molecule has 0 spiro atoms. The molecule has 1 aromatic carbocycles. The highest BCUT2D eigenvalue weighted by atomic mass is 79.9. The number of hydrogen-bond acceptors (Lipinski definition) is 1. The van der Waals surface area contributed by atoms with Gasteiger partial charge in [-0.25, -0.2) is 4.39 Å². The van der Waals surface area contributed by atoms with Crippen molar-refractivity contribution in [3.8, 4) is 0 Å². The van der Waals surface area contributed by atoms with Gasteiger partial charge in [0, 0.05) is 4.47 Å². The minimum atomic E-state index is -0.173. The highest BCUT2D eigenvalue weighted by molar-refractivity contribution is 9.10. The predicted molar refractivity (Wildman–Crippen MR) is 81.5 cm³/mol. The van der Waals surface area contributed by atoms with Crippen molar-refractivity contribution in [1.29, 1.82) is 0 Å². The zero-order valence-corrected chi connectivity index (χ0v) is 13.4. The van der Waals surface area contributed by atoms with Gasteiger partial charge in [-0.3, -0.25) is 0 Å². The van der Waals surface area contributed by atoms with Crippen LogP contribution in [0, 0.1) is 16.6 Å². The first-order chi connectivity index (χ1) is 8.84. The summed E-state index contributed by atoms with van der Waals surface area (Å²) < 4.78 is 14.3. The van der Waals surface area contributed by atoms with Crippen molar-refractivity contribution in [3.05, 3.63) is 34.1 Å². The fourth-order valence-electron chi connectivity index (χ4n) is 3.06. The van der Waals surface area contributed by atoms with Crippen LogP contribution in [0.25, 0.3) is 0 Å². The first-order valence-electron chi connectivity index (χ1n) is 6.99. The molecule has 1 nitrogen and oxygen atoms in total. The quantitative estimate of drug-likeness (QED) is 0.857. The molecule has 0 unspecified atom stereocenters. The van der Waals surface area contributed by atoms with E-state index in [1.165, 1.54) is 18.9 Å². The number of hydrogen-bond donors (Lipinski definition) is 1. The van der Waals surface area contributed by atoms with Crippen LogP contribution in [0.5, 0.6) is 0 Å². The lowest BCUT2D eigenvalue weighted by molar-refractivity contribution is 0.108. The van der Waals surface area contributed by atoms with Gasteiger partial charge in [0.2, 0.25) is 0 Å². The minimum absolute atomic E-state index is 0.156. The van der Waals surface area contributed by atoms with Gasteiger partial charge in [0.05, 0.1) is 0 Å². The second-order valence-corrected chi connectivity index (χ2v) is 7.74. The van der Waals surface area contributed by atoms with Gasteiger partial charge in [-0.1, -0.05) is 29.8 Å². The zero-order chi connectivity index (χ0) is 14.1. The second kappa shape index (κ2) is 5.53. The lowest BCUT2D eigenvalue weighted by Crippen LogP contribution is -2.39. The van der Waals surface area contributed by atoms with Crippen LogP contribution in [-0.4, -0.2) is 6.54 Å². The molecule has 1 fully saturated rings. The third-order valence-corrected chi connectivity index (χ3v) is 5.06. The van der Waals surface area contributed by atoms with Crippen LogP contribution in [0.4, 0.5) is 4.39 Å². The standard InChI is InChI=1S/C16H23BrFN/c1-15(2)3-5-16(11-19,6-4-15)10-12-7-13(17)9-14(18)8-12/h7-9H,3-6,10-11,19H2,1-2H3. The van der Waals surface area contributed by atoms with E-state index < -0.39 is 0 Å². The van der Waals surface area contributed by atoms with Crippen LogP contribution in [-0.2, 0) is 6.42 Å². The van der Waals surface area contributed by atoms with E-state index in [-0.39, 0.29) is 11.2 Å². The molecule has 106 valence electrons. The first-order valence-corrected chi connectivity index (χ1v) is 7.79. The smallest absolute Gasteiger partial charge is 0.124 e. The summed E-state index contributed by atoms with van der Waals surface area (Å²) >= 11 is 3.36. The van der Waals surface area contributed by atoms with Crippen molar-refractivity contribution in [2.45, 2.75) is 46.0 Å². The monoisotopic (exact) mass is 327 g/mol. The number of benzene rings is 1. The van der Waals surface area contributed by atoms with Crippen molar-refractivity contribution in [2.75, 3.05) is 6.54 Å². The zero-order valence-electron chi connectivity index (χ0n) is 11.8. The summed E-state index contributed by atoms with van der Waals surface area (Å²) in [6.45, 7) is 5.34. The molecular weight excluding hydrogens is 305 g/mol. The van der Waals surface area contributed by atoms with E-state index in [9.17, 15) is 4.39 Å². The lowest BCUT2D eigenvalue weighted by Gasteiger charge is -2.43. The molecule has 1 aromatic rings. The molecule has 0 radical (unpaired) electrons. The van der Waals surface area contributed by atoms with E-state index in [1.54, 1.807) is 6.07 Å². The van der Waals surface area contributed by atoms with Gasteiger partial charge in [-0.2, -0.15) is 0 Å². The Balaban J connectivity index is 2.15.